The van der Waals surface area contributed by atoms with E-state index < -0.39 is 0 Å². The Hall–Kier alpha value is -2.55. The normalized spacial score (nSPS) is 10.5. The summed E-state index contributed by atoms with van der Waals surface area (Å²) < 4.78 is 1.42. The number of rotatable bonds is 3. The van der Waals surface area contributed by atoms with Crippen molar-refractivity contribution in [3.8, 4) is 5.95 Å². The van der Waals surface area contributed by atoms with Crippen LogP contribution in [0.4, 0.5) is 5.95 Å². The molecule has 3 rings (SSSR count). The average Bonchev–Trinajstić information content (AvgIpc) is 2.93. The van der Waals surface area contributed by atoms with Gasteiger partial charge in [-0.2, -0.15) is 24.7 Å². The van der Waals surface area contributed by atoms with E-state index in [0.717, 1.165) is 5.03 Å². The fraction of sp³-hybridized carbons (Fsp3) is 0. The number of nitrogen functional groups attached to an aromatic ring is 1. The molecule has 0 bridgehead atoms. The third kappa shape index (κ3) is 2.65. The molecule has 94 valence electrons. The van der Waals surface area contributed by atoms with Crippen LogP contribution in [0.2, 0.25) is 0 Å². The Kier molecular flexibility index (Phi) is 3.02. The van der Waals surface area contributed by atoms with Crippen molar-refractivity contribution in [3.05, 3.63) is 37.1 Å². The molecular formula is C10H8N8S. The number of hydrogen-bond donors (Lipinski definition) is 1. The molecule has 19 heavy (non-hydrogen) atoms. The molecule has 0 radical (unpaired) electrons. The largest absolute Gasteiger partial charge is 0.368 e. The molecule has 8 nitrogen and oxygen atoms in total. The quantitative estimate of drug-likeness (QED) is 0.737. The molecule has 0 unspecified atom stereocenters. The van der Waals surface area contributed by atoms with Crippen LogP contribution in [0.5, 0.6) is 0 Å². The number of pyridine rings is 1. The van der Waals surface area contributed by atoms with Gasteiger partial charge in [-0.25, -0.2) is 9.97 Å². The lowest BCUT2D eigenvalue weighted by Gasteiger charge is -2.03. The summed E-state index contributed by atoms with van der Waals surface area (Å²) in [6.07, 6.45) is 4.58. The molecule has 2 N–H and O–H groups in total. The molecule has 0 aliphatic carbocycles. The van der Waals surface area contributed by atoms with E-state index in [0.29, 0.717) is 11.1 Å². The fourth-order valence-electron chi connectivity index (χ4n) is 1.32. The lowest BCUT2D eigenvalue weighted by molar-refractivity contribution is 0.762. The second kappa shape index (κ2) is 4.98. The first kappa shape index (κ1) is 11.5. The molecule has 0 saturated heterocycles. The number of anilines is 1. The Balaban J connectivity index is 1.94. The minimum absolute atomic E-state index is 0.124. The van der Waals surface area contributed by atoms with Crippen LogP contribution in [0.25, 0.3) is 5.95 Å². The Morgan fingerprint density at radius 3 is 2.84 bits per heavy atom. The Bertz CT molecular complexity index is 669. The monoisotopic (exact) mass is 272 g/mol. The minimum Gasteiger partial charge on any atom is -0.368 e. The van der Waals surface area contributed by atoms with Gasteiger partial charge in [-0.05, 0) is 23.9 Å². The van der Waals surface area contributed by atoms with Gasteiger partial charge >= 0.3 is 0 Å². The van der Waals surface area contributed by atoms with Gasteiger partial charge < -0.3 is 5.73 Å². The van der Waals surface area contributed by atoms with Crippen LogP contribution >= 0.6 is 11.8 Å². The molecule has 0 fully saturated rings. The van der Waals surface area contributed by atoms with Crippen LogP contribution in [0.15, 0.2) is 47.2 Å². The fourth-order valence-corrected chi connectivity index (χ4v) is 2.04. The van der Waals surface area contributed by atoms with Crippen molar-refractivity contribution in [2.24, 2.45) is 0 Å². The highest BCUT2D eigenvalue weighted by Crippen LogP contribution is 2.22. The molecule has 3 heterocycles. The first-order valence-electron chi connectivity index (χ1n) is 5.27. The third-order valence-corrected chi connectivity index (χ3v) is 2.89. The summed E-state index contributed by atoms with van der Waals surface area (Å²) in [6.45, 7) is 0. The van der Waals surface area contributed by atoms with Crippen LogP contribution in [0.1, 0.15) is 0 Å². The van der Waals surface area contributed by atoms with Crippen molar-refractivity contribution >= 4 is 17.7 Å². The second-order valence-electron chi connectivity index (χ2n) is 3.39. The lowest BCUT2D eigenvalue weighted by atomic mass is 10.5. The van der Waals surface area contributed by atoms with E-state index in [1.165, 1.54) is 29.1 Å². The van der Waals surface area contributed by atoms with Crippen molar-refractivity contribution in [1.29, 1.82) is 0 Å². The minimum atomic E-state index is 0.124. The SMILES string of the molecule is Nc1nc(Sc2ccccn2)nc(-n2cncn2)n1. The highest BCUT2D eigenvalue weighted by molar-refractivity contribution is 7.99. The van der Waals surface area contributed by atoms with Gasteiger partial charge in [0.05, 0.1) is 0 Å². The predicted molar refractivity (Wildman–Crippen MR) is 67.5 cm³/mol. The smallest absolute Gasteiger partial charge is 0.257 e. The molecule has 0 saturated carbocycles. The maximum atomic E-state index is 5.66. The summed E-state index contributed by atoms with van der Waals surface area (Å²) in [5, 5.41) is 5.18. The molecule has 0 aliphatic heterocycles. The third-order valence-electron chi connectivity index (χ3n) is 2.08. The van der Waals surface area contributed by atoms with Crippen molar-refractivity contribution in [2.45, 2.75) is 10.2 Å². The zero-order valence-electron chi connectivity index (χ0n) is 9.58. The Labute approximate surface area is 112 Å². The topological polar surface area (TPSA) is 108 Å². The molecule has 0 aliphatic rings. The van der Waals surface area contributed by atoms with Crippen LogP contribution in [0.3, 0.4) is 0 Å². The average molecular weight is 272 g/mol. The van der Waals surface area contributed by atoms with Crippen LogP contribution in [0, 0.1) is 0 Å². The Morgan fingerprint density at radius 1 is 1.16 bits per heavy atom. The van der Waals surface area contributed by atoms with E-state index in [1.54, 1.807) is 6.20 Å². The summed E-state index contributed by atoms with van der Waals surface area (Å²) in [6, 6.07) is 5.59. The van der Waals surface area contributed by atoms with Crippen molar-refractivity contribution in [1.82, 2.24) is 34.7 Å². The zero-order valence-corrected chi connectivity index (χ0v) is 10.4. The van der Waals surface area contributed by atoms with Gasteiger partial charge in [0.25, 0.3) is 5.95 Å². The highest BCUT2D eigenvalue weighted by atomic mass is 32.2. The molecule has 0 spiro atoms. The zero-order chi connectivity index (χ0) is 13.1. The molecule has 3 aromatic heterocycles. The first-order valence-corrected chi connectivity index (χ1v) is 6.08. The van der Waals surface area contributed by atoms with E-state index in [4.69, 9.17) is 5.73 Å². The molecular weight excluding hydrogens is 264 g/mol. The number of aromatic nitrogens is 7. The van der Waals surface area contributed by atoms with Gasteiger partial charge in [0.1, 0.15) is 17.7 Å². The predicted octanol–water partition coefficient (Wildman–Crippen LogP) is 0.581. The second-order valence-corrected chi connectivity index (χ2v) is 4.37. The molecule has 9 heteroatoms. The maximum absolute atomic E-state index is 5.66. The molecule has 0 aromatic carbocycles. The molecule has 0 atom stereocenters. The number of hydrogen-bond acceptors (Lipinski definition) is 8. The van der Waals surface area contributed by atoms with Gasteiger partial charge in [-0.1, -0.05) is 6.07 Å². The molecule has 3 aromatic rings. The van der Waals surface area contributed by atoms with Gasteiger partial charge in [0, 0.05) is 6.20 Å². The lowest BCUT2D eigenvalue weighted by Crippen LogP contribution is -2.07. The summed E-state index contributed by atoms with van der Waals surface area (Å²) >= 11 is 1.30. The van der Waals surface area contributed by atoms with E-state index in [1.807, 2.05) is 18.2 Å². The van der Waals surface area contributed by atoms with Crippen molar-refractivity contribution < 1.29 is 0 Å². The summed E-state index contributed by atoms with van der Waals surface area (Å²) in [5.74, 6) is 0.447. The standard InChI is InChI=1S/C10H8N8S/c11-8-15-9(18-6-12-5-14-18)17-10(16-8)19-7-3-1-2-4-13-7/h1-6H,(H2,11,15,16,17). The van der Waals surface area contributed by atoms with Gasteiger partial charge in [-0.3, -0.25) is 0 Å². The van der Waals surface area contributed by atoms with Crippen molar-refractivity contribution in [2.75, 3.05) is 5.73 Å². The van der Waals surface area contributed by atoms with Crippen LogP contribution in [-0.2, 0) is 0 Å². The number of nitrogens with two attached hydrogens (primary N) is 1. The van der Waals surface area contributed by atoms with E-state index in [9.17, 15) is 0 Å². The highest BCUT2D eigenvalue weighted by Gasteiger charge is 2.08. The Morgan fingerprint density at radius 2 is 2.11 bits per heavy atom. The van der Waals surface area contributed by atoms with Crippen LogP contribution in [-0.4, -0.2) is 34.7 Å². The maximum Gasteiger partial charge on any atom is 0.257 e. The number of nitrogens with zero attached hydrogens (tertiary/aromatic N) is 7. The van der Waals surface area contributed by atoms with Gasteiger partial charge in [0.2, 0.25) is 11.1 Å². The summed E-state index contributed by atoms with van der Waals surface area (Å²) in [7, 11) is 0. The van der Waals surface area contributed by atoms with E-state index in [-0.39, 0.29) is 5.95 Å². The summed E-state index contributed by atoms with van der Waals surface area (Å²) in [5.41, 5.74) is 5.66. The molecule has 0 amide bonds. The van der Waals surface area contributed by atoms with Crippen molar-refractivity contribution in [3.63, 3.8) is 0 Å². The van der Waals surface area contributed by atoms with Gasteiger partial charge in [0.15, 0.2) is 0 Å². The summed E-state index contributed by atoms with van der Waals surface area (Å²) in [4.78, 5) is 20.3. The van der Waals surface area contributed by atoms with E-state index >= 15 is 0 Å². The first-order chi connectivity index (χ1) is 9.31. The van der Waals surface area contributed by atoms with Crippen LogP contribution < -0.4 is 5.73 Å². The van der Waals surface area contributed by atoms with E-state index in [2.05, 4.69) is 30.0 Å². The van der Waals surface area contributed by atoms with Gasteiger partial charge in [-0.15, -0.1) is 0 Å².